The van der Waals surface area contributed by atoms with Crippen LogP contribution in [-0.4, -0.2) is 108 Å². The number of likely N-dealkylation sites (tertiary alicyclic amines) is 1. The molecule has 224 valence electrons. The first kappa shape index (κ1) is 27.7. The highest BCUT2D eigenvalue weighted by molar-refractivity contribution is 5.79. The maximum Gasteiger partial charge on any atom is 0.206 e. The van der Waals surface area contributed by atoms with Crippen molar-refractivity contribution in [2.75, 3.05) is 88.5 Å². The number of piperidine rings is 1. The van der Waals surface area contributed by atoms with Crippen LogP contribution in [0.1, 0.15) is 32.1 Å². The van der Waals surface area contributed by atoms with E-state index in [1.165, 1.54) is 68.7 Å². The Morgan fingerprint density at radius 3 is 1.55 bits per heavy atom. The van der Waals surface area contributed by atoms with Gasteiger partial charge in [0.15, 0.2) is 0 Å². The standard InChI is InChI=1S/C17H24N4.C16H22N4O/c1-4-9-19(10-5-1)13-14-20-11-6-12-21-16-8-3-2-7-15(16)18-17(20)21;1-2-5-15-14(4-1)17-16-19(6-3-7-20(15)16)9-8-18-10-12-21-13-11-18/h2-3,7-8H,1,4-6,9-14H2;1-2,4-5H,3,6-13H2. The molecule has 9 nitrogen and oxygen atoms in total. The van der Waals surface area contributed by atoms with Crippen molar-refractivity contribution >= 4 is 34.0 Å². The Bertz CT molecular complexity index is 1340. The Balaban J connectivity index is 0.000000137. The molecule has 2 fully saturated rings. The number of benzene rings is 2. The third kappa shape index (κ3) is 6.00. The SMILES string of the molecule is c1ccc2c(c1)nc1n2CCCN1CCN1CCCCC1.c1ccc2c(c1)nc1n2CCCN1CCN1CCOCC1. The number of para-hydroxylation sites is 4. The number of aryl methyl sites for hydroxylation is 2. The molecule has 42 heavy (non-hydrogen) atoms. The van der Waals surface area contributed by atoms with Gasteiger partial charge in [-0.05, 0) is 63.0 Å². The van der Waals surface area contributed by atoms with E-state index in [2.05, 4.69) is 77.3 Å². The zero-order chi connectivity index (χ0) is 28.1. The van der Waals surface area contributed by atoms with E-state index in [9.17, 15) is 0 Å². The maximum atomic E-state index is 5.42. The second kappa shape index (κ2) is 13.0. The third-order valence-electron chi connectivity index (χ3n) is 9.38. The van der Waals surface area contributed by atoms with E-state index in [1.54, 1.807) is 0 Å². The fourth-order valence-corrected chi connectivity index (χ4v) is 7.04. The van der Waals surface area contributed by atoms with Crippen molar-refractivity contribution in [3.63, 3.8) is 0 Å². The van der Waals surface area contributed by atoms with Gasteiger partial charge in [0.25, 0.3) is 0 Å². The predicted octanol–water partition coefficient (Wildman–Crippen LogP) is 4.31. The molecule has 6 heterocycles. The molecular formula is C33H46N8O. The lowest BCUT2D eigenvalue weighted by atomic mass is 10.1. The van der Waals surface area contributed by atoms with Gasteiger partial charge in [-0.2, -0.15) is 0 Å². The van der Waals surface area contributed by atoms with Gasteiger partial charge in [-0.15, -0.1) is 0 Å². The van der Waals surface area contributed by atoms with Gasteiger partial charge in [0.05, 0.1) is 35.3 Å². The van der Waals surface area contributed by atoms with E-state index in [0.717, 1.165) is 89.1 Å². The molecule has 0 N–H and O–H groups in total. The van der Waals surface area contributed by atoms with Crippen LogP contribution in [0, 0.1) is 0 Å². The molecule has 0 saturated carbocycles. The average molecular weight is 571 g/mol. The van der Waals surface area contributed by atoms with Crippen LogP contribution in [0.15, 0.2) is 48.5 Å². The largest absolute Gasteiger partial charge is 0.379 e. The van der Waals surface area contributed by atoms with Crippen LogP contribution in [0.3, 0.4) is 0 Å². The zero-order valence-electron chi connectivity index (χ0n) is 25.0. The van der Waals surface area contributed by atoms with Gasteiger partial charge in [-0.3, -0.25) is 4.90 Å². The summed E-state index contributed by atoms with van der Waals surface area (Å²) in [7, 11) is 0. The average Bonchev–Trinajstić information content (AvgIpc) is 3.63. The first-order valence-electron chi connectivity index (χ1n) is 16.3. The predicted molar refractivity (Wildman–Crippen MR) is 171 cm³/mol. The summed E-state index contributed by atoms with van der Waals surface area (Å²) in [5, 5.41) is 0. The fourth-order valence-electron chi connectivity index (χ4n) is 7.04. The quantitative estimate of drug-likeness (QED) is 0.342. The molecule has 2 aromatic carbocycles. The summed E-state index contributed by atoms with van der Waals surface area (Å²) in [5.74, 6) is 2.33. The Morgan fingerprint density at radius 2 is 1.00 bits per heavy atom. The summed E-state index contributed by atoms with van der Waals surface area (Å²) in [4.78, 5) is 19.7. The minimum absolute atomic E-state index is 0.874. The normalized spacial score (nSPS) is 19.9. The molecule has 2 aromatic heterocycles. The number of ether oxygens (including phenoxy) is 1. The number of imidazole rings is 2. The van der Waals surface area contributed by atoms with Gasteiger partial charge in [-0.1, -0.05) is 30.7 Å². The Labute approximate surface area is 249 Å². The van der Waals surface area contributed by atoms with Gasteiger partial charge in [0, 0.05) is 65.4 Å². The summed E-state index contributed by atoms with van der Waals surface area (Å²) in [6.07, 6.45) is 6.59. The summed E-state index contributed by atoms with van der Waals surface area (Å²) >= 11 is 0. The molecule has 0 radical (unpaired) electrons. The van der Waals surface area contributed by atoms with Crippen LogP contribution in [0.25, 0.3) is 22.1 Å². The van der Waals surface area contributed by atoms with Crippen LogP contribution in [0.2, 0.25) is 0 Å². The first-order valence-corrected chi connectivity index (χ1v) is 16.3. The smallest absolute Gasteiger partial charge is 0.206 e. The lowest BCUT2D eigenvalue weighted by molar-refractivity contribution is 0.0391. The Morgan fingerprint density at radius 1 is 0.500 bits per heavy atom. The number of aromatic nitrogens is 4. The minimum Gasteiger partial charge on any atom is -0.379 e. The van der Waals surface area contributed by atoms with E-state index in [1.807, 2.05) is 0 Å². The summed E-state index contributed by atoms with van der Waals surface area (Å²) in [5.41, 5.74) is 4.81. The van der Waals surface area contributed by atoms with Gasteiger partial charge in [-0.25, -0.2) is 9.97 Å². The highest BCUT2D eigenvalue weighted by atomic mass is 16.5. The molecule has 4 aliphatic heterocycles. The minimum atomic E-state index is 0.874. The van der Waals surface area contributed by atoms with E-state index < -0.39 is 0 Å². The van der Waals surface area contributed by atoms with Crippen molar-refractivity contribution in [1.82, 2.24) is 28.9 Å². The number of anilines is 2. The molecule has 0 spiro atoms. The number of hydrogen-bond donors (Lipinski definition) is 0. The highest BCUT2D eigenvalue weighted by Gasteiger charge is 2.23. The zero-order valence-corrected chi connectivity index (χ0v) is 25.0. The second-order valence-corrected chi connectivity index (χ2v) is 12.1. The molecule has 8 rings (SSSR count). The molecular weight excluding hydrogens is 524 g/mol. The van der Waals surface area contributed by atoms with Gasteiger partial charge >= 0.3 is 0 Å². The summed E-state index contributed by atoms with van der Waals surface area (Å²) < 4.78 is 10.2. The van der Waals surface area contributed by atoms with Gasteiger partial charge in [0.1, 0.15) is 0 Å². The van der Waals surface area contributed by atoms with Crippen LogP contribution in [0.4, 0.5) is 11.9 Å². The summed E-state index contributed by atoms with van der Waals surface area (Å²) in [6.45, 7) is 15.4. The molecule has 0 unspecified atom stereocenters. The molecule has 9 heteroatoms. The lowest BCUT2D eigenvalue weighted by Crippen LogP contribution is -2.43. The Kier molecular flexibility index (Phi) is 8.58. The fraction of sp³-hybridized carbons (Fsp3) is 0.576. The second-order valence-electron chi connectivity index (χ2n) is 12.1. The molecule has 0 amide bonds. The monoisotopic (exact) mass is 570 g/mol. The molecule has 0 bridgehead atoms. The Hall–Kier alpha value is -3.14. The lowest BCUT2D eigenvalue weighted by Gasteiger charge is -2.33. The number of rotatable bonds is 6. The number of morpholine rings is 1. The van der Waals surface area contributed by atoms with E-state index in [0.29, 0.717) is 0 Å². The van der Waals surface area contributed by atoms with E-state index in [4.69, 9.17) is 14.7 Å². The topological polar surface area (TPSA) is 57.8 Å². The molecule has 2 saturated heterocycles. The number of fused-ring (bicyclic) bond motifs is 6. The van der Waals surface area contributed by atoms with Crippen molar-refractivity contribution < 1.29 is 4.74 Å². The first-order chi connectivity index (χ1) is 20.8. The number of hydrogen-bond acceptors (Lipinski definition) is 7. The molecule has 4 aliphatic rings. The van der Waals surface area contributed by atoms with Crippen molar-refractivity contribution in [1.29, 1.82) is 0 Å². The van der Waals surface area contributed by atoms with E-state index >= 15 is 0 Å². The number of nitrogens with zero attached hydrogens (tertiary/aromatic N) is 8. The van der Waals surface area contributed by atoms with Crippen LogP contribution in [-0.2, 0) is 17.8 Å². The van der Waals surface area contributed by atoms with Crippen molar-refractivity contribution in [2.45, 2.75) is 45.2 Å². The third-order valence-corrected chi connectivity index (χ3v) is 9.38. The van der Waals surface area contributed by atoms with Crippen LogP contribution >= 0.6 is 0 Å². The van der Waals surface area contributed by atoms with Crippen molar-refractivity contribution in [3.05, 3.63) is 48.5 Å². The van der Waals surface area contributed by atoms with Crippen LogP contribution < -0.4 is 9.80 Å². The molecule has 4 aromatic rings. The maximum absolute atomic E-state index is 5.42. The highest BCUT2D eigenvalue weighted by Crippen LogP contribution is 2.27. The van der Waals surface area contributed by atoms with Crippen LogP contribution in [0.5, 0.6) is 0 Å². The van der Waals surface area contributed by atoms with Crippen molar-refractivity contribution in [2.24, 2.45) is 0 Å². The van der Waals surface area contributed by atoms with Gasteiger partial charge in [0.2, 0.25) is 11.9 Å². The van der Waals surface area contributed by atoms with Crippen molar-refractivity contribution in [3.8, 4) is 0 Å². The summed E-state index contributed by atoms with van der Waals surface area (Å²) in [6, 6.07) is 17.0. The molecule has 0 aliphatic carbocycles. The van der Waals surface area contributed by atoms with E-state index in [-0.39, 0.29) is 0 Å². The van der Waals surface area contributed by atoms with Gasteiger partial charge < -0.3 is 28.6 Å². The molecule has 0 atom stereocenters.